The quantitative estimate of drug-likeness (QED) is 0.654. The molecule has 2 saturated carbocycles. The molecule has 0 bridgehead atoms. The predicted octanol–water partition coefficient (Wildman–Crippen LogP) is 4.70. The number of carbonyl (C=O) groups is 1. The first-order chi connectivity index (χ1) is 15.2. The van der Waals surface area contributed by atoms with Crippen molar-refractivity contribution in [1.29, 1.82) is 0 Å². The van der Waals surface area contributed by atoms with Gasteiger partial charge in [0, 0.05) is 17.8 Å². The minimum absolute atomic E-state index is 0.0735. The number of pyridine rings is 1. The van der Waals surface area contributed by atoms with Gasteiger partial charge in [-0.25, -0.2) is 4.98 Å². The lowest BCUT2D eigenvalue weighted by molar-refractivity contribution is -0.124. The van der Waals surface area contributed by atoms with Crippen LogP contribution in [0.3, 0.4) is 0 Å². The first kappa shape index (κ1) is 19.9. The highest BCUT2D eigenvalue weighted by Crippen LogP contribution is 2.33. The molecule has 2 aromatic heterocycles. The highest BCUT2D eigenvalue weighted by Gasteiger charge is 2.30. The third kappa shape index (κ3) is 4.11. The van der Waals surface area contributed by atoms with E-state index in [1.54, 1.807) is 6.07 Å². The monoisotopic (exact) mass is 416 g/mol. The molecule has 2 aliphatic carbocycles. The van der Waals surface area contributed by atoms with Crippen LogP contribution in [0, 0.1) is 5.92 Å². The number of amides is 1. The van der Waals surface area contributed by atoms with Gasteiger partial charge in [0.1, 0.15) is 0 Å². The lowest BCUT2D eigenvalue weighted by Crippen LogP contribution is -2.38. The van der Waals surface area contributed by atoms with Gasteiger partial charge in [-0.3, -0.25) is 14.6 Å². The van der Waals surface area contributed by atoms with Crippen molar-refractivity contribution in [2.75, 3.05) is 4.90 Å². The summed E-state index contributed by atoms with van der Waals surface area (Å²) in [6.07, 6.45) is 12.8. The van der Waals surface area contributed by atoms with Gasteiger partial charge in [-0.05, 0) is 61.4 Å². The zero-order valence-corrected chi connectivity index (χ0v) is 17.7. The molecule has 6 nitrogen and oxygen atoms in total. The van der Waals surface area contributed by atoms with Crippen LogP contribution in [0.15, 0.2) is 47.7 Å². The Labute approximate surface area is 181 Å². The maximum atomic E-state index is 13.3. The molecule has 0 spiro atoms. The molecule has 0 aliphatic heterocycles. The van der Waals surface area contributed by atoms with Crippen molar-refractivity contribution in [1.82, 2.24) is 15.0 Å². The number of anilines is 1. The van der Waals surface area contributed by atoms with Crippen molar-refractivity contribution in [3.05, 3.63) is 64.5 Å². The summed E-state index contributed by atoms with van der Waals surface area (Å²) in [7, 11) is 0. The van der Waals surface area contributed by atoms with Gasteiger partial charge < -0.3 is 9.88 Å². The summed E-state index contributed by atoms with van der Waals surface area (Å²) in [5.74, 6) is 0.825. The summed E-state index contributed by atoms with van der Waals surface area (Å²) in [6.45, 7) is 0.426. The maximum Gasteiger partial charge on any atom is 0.258 e. The average molecular weight is 417 g/mol. The van der Waals surface area contributed by atoms with Crippen molar-refractivity contribution in [2.45, 2.75) is 63.8 Å². The minimum Gasteiger partial charge on any atom is -0.313 e. The molecule has 3 aromatic rings. The van der Waals surface area contributed by atoms with E-state index in [2.05, 4.69) is 22.1 Å². The second-order valence-corrected chi connectivity index (χ2v) is 8.90. The Morgan fingerprint density at radius 2 is 1.84 bits per heavy atom. The van der Waals surface area contributed by atoms with Gasteiger partial charge in [-0.1, -0.05) is 31.7 Å². The number of fused-ring (bicyclic) bond motifs is 1. The van der Waals surface area contributed by atoms with Crippen LogP contribution in [0.2, 0.25) is 0 Å². The number of rotatable bonds is 5. The molecule has 1 aromatic carbocycles. The van der Waals surface area contributed by atoms with Crippen molar-refractivity contribution >= 4 is 22.5 Å². The predicted molar refractivity (Wildman–Crippen MR) is 121 cm³/mol. The number of nitrogens with one attached hydrogen (secondary N) is 1. The second kappa shape index (κ2) is 8.61. The average Bonchev–Trinajstić information content (AvgIpc) is 2.77. The number of hydrogen-bond donors (Lipinski definition) is 1. The third-order valence-corrected chi connectivity index (χ3v) is 6.90. The normalized spacial score (nSPS) is 17.4. The molecule has 0 unspecified atom stereocenters. The molecule has 0 atom stereocenters. The van der Waals surface area contributed by atoms with Gasteiger partial charge in [0.25, 0.3) is 5.56 Å². The molecule has 160 valence electrons. The van der Waals surface area contributed by atoms with Gasteiger partial charge in [0.2, 0.25) is 5.91 Å². The van der Waals surface area contributed by atoms with E-state index in [1.807, 2.05) is 23.2 Å². The zero-order chi connectivity index (χ0) is 21.2. The zero-order valence-electron chi connectivity index (χ0n) is 17.7. The van der Waals surface area contributed by atoms with E-state index in [0.29, 0.717) is 23.4 Å². The molecular weight excluding hydrogens is 388 g/mol. The first-order valence-electron chi connectivity index (χ1n) is 11.4. The SMILES string of the molecule is O=C(C1CCC1)N(Cc1ccc(C2CCCCC2)cn1)c1ccc2c(=O)[nH]cnc2c1. The van der Waals surface area contributed by atoms with Crippen LogP contribution in [0.25, 0.3) is 10.9 Å². The topological polar surface area (TPSA) is 79.0 Å². The molecule has 6 heteroatoms. The van der Waals surface area contributed by atoms with Gasteiger partial charge >= 0.3 is 0 Å². The number of carbonyl (C=O) groups excluding carboxylic acids is 1. The highest BCUT2D eigenvalue weighted by atomic mass is 16.2. The van der Waals surface area contributed by atoms with Gasteiger partial charge in [0.05, 0.1) is 29.5 Å². The van der Waals surface area contributed by atoms with Crippen LogP contribution in [0.4, 0.5) is 5.69 Å². The van der Waals surface area contributed by atoms with Crippen molar-refractivity contribution in [3.8, 4) is 0 Å². The second-order valence-electron chi connectivity index (χ2n) is 8.90. The van der Waals surface area contributed by atoms with Crippen LogP contribution in [0.5, 0.6) is 0 Å². The molecule has 31 heavy (non-hydrogen) atoms. The number of H-pyrrole nitrogens is 1. The van der Waals surface area contributed by atoms with Gasteiger partial charge in [-0.15, -0.1) is 0 Å². The van der Waals surface area contributed by atoms with Gasteiger partial charge in [-0.2, -0.15) is 0 Å². The van der Waals surface area contributed by atoms with E-state index in [-0.39, 0.29) is 17.4 Å². The van der Waals surface area contributed by atoms with Crippen LogP contribution in [0.1, 0.15) is 68.5 Å². The fourth-order valence-electron chi connectivity index (χ4n) is 4.77. The standard InChI is InChI=1S/C25H28N4O2/c30-24-22-12-11-21(13-23(22)27-16-28-24)29(25(31)18-7-4-8-18)15-20-10-9-19(14-26-20)17-5-2-1-3-6-17/h9-14,16-18H,1-8,15H2,(H,27,28,30). The highest BCUT2D eigenvalue weighted by molar-refractivity contribution is 5.97. The molecule has 2 heterocycles. The summed E-state index contributed by atoms with van der Waals surface area (Å²) in [6, 6.07) is 9.67. The Kier molecular flexibility index (Phi) is 5.53. The van der Waals surface area contributed by atoms with Crippen molar-refractivity contribution in [3.63, 3.8) is 0 Å². The summed E-state index contributed by atoms with van der Waals surface area (Å²) >= 11 is 0. The Morgan fingerprint density at radius 3 is 2.55 bits per heavy atom. The fourth-order valence-corrected chi connectivity index (χ4v) is 4.77. The Hall–Kier alpha value is -3.02. The summed E-state index contributed by atoms with van der Waals surface area (Å²) in [5.41, 5.74) is 3.38. The number of aromatic amines is 1. The van der Waals surface area contributed by atoms with E-state index in [1.165, 1.54) is 44.0 Å². The maximum absolute atomic E-state index is 13.3. The van der Waals surface area contributed by atoms with Crippen LogP contribution < -0.4 is 10.5 Å². The molecule has 2 fully saturated rings. The molecule has 1 N–H and O–H groups in total. The number of benzene rings is 1. The molecule has 5 rings (SSSR count). The first-order valence-corrected chi connectivity index (χ1v) is 11.4. The Bertz CT molecular complexity index is 1130. The van der Waals surface area contributed by atoms with Crippen molar-refractivity contribution in [2.24, 2.45) is 5.92 Å². The van der Waals surface area contributed by atoms with E-state index >= 15 is 0 Å². The molecule has 2 aliphatic rings. The summed E-state index contributed by atoms with van der Waals surface area (Å²) < 4.78 is 0. The van der Waals surface area contributed by atoms with E-state index < -0.39 is 0 Å². The molecule has 0 saturated heterocycles. The van der Waals surface area contributed by atoms with E-state index in [9.17, 15) is 9.59 Å². The minimum atomic E-state index is -0.173. The van der Waals surface area contributed by atoms with Crippen LogP contribution in [-0.4, -0.2) is 20.9 Å². The lowest BCUT2D eigenvalue weighted by Gasteiger charge is -2.31. The largest absolute Gasteiger partial charge is 0.313 e. The van der Waals surface area contributed by atoms with Gasteiger partial charge in [0.15, 0.2) is 0 Å². The van der Waals surface area contributed by atoms with E-state index in [4.69, 9.17) is 4.98 Å². The molecular formula is C25H28N4O2. The smallest absolute Gasteiger partial charge is 0.258 e. The third-order valence-electron chi connectivity index (χ3n) is 6.90. The van der Waals surface area contributed by atoms with Crippen LogP contribution in [-0.2, 0) is 11.3 Å². The van der Waals surface area contributed by atoms with Crippen molar-refractivity contribution < 1.29 is 4.79 Å². The Morgan fingerprint density at radius 1 is 1.00 bits per heavy atom. The fraction of sp³-hybridized carbons (Fsp3) is 0.440. The Balaban J connectivity index is 1.42. The summed E-state index contributed by atoms with van der Waals surface area (Å²) in [5, 5.41) is 0.525. The molecule has 1 amide bonds. The van der Waals surface area contributed by atoms with E-state index in [0.717, 1.165) is 30.6 Å². The summed E-state index contributed by atoms with van der Waals surface area (Å²) in [4.78, 5) is 38.7. The molecule has 0 radical (unpaired) electrons. The van der Waals surface area contributed by atoms with Crippen LogP contribution >= 0.6 is 0 Å². The number of nitrogens with zero attached hydrogens (tertiary/aromatic N) is 3. The number of aromatic nitrogens is 3. The lowest BCUT2D eigenvalue weighted by atomic mass is 9.84. The number of hydrogen-bond acceptors (Lipinski definition) is 4.